The summed E-state index contributed by atoms with van der Waals surface area (Å²) in [5, 5.41) is 0. The molecule has 3 aliphatic rings. The third-order valence-corrected chi connectivity index (χ3v) is 14.0. The number of fused-ring (bicyclic) bond motifs is 25. The van der Waals surface area contributed by atoms with Gasteiger partial charge in [-0.1, -0.05) is 107 Å². The van der Waals surface area contributed by atoms with Gasteiger partial charge in [0.1, 0.15) is 62.6 Å². The van der Waals surface area contributed by atoms with Gasteiger partial charge in [-0.15, -0.1) is 0 Å². The molecule has 0 spiro atoms. The first-order chi connectivity index (χ1) is 45.0. The van der Waals surface area contributed by atoms with E-state index in [2.05, 4.69) is 201 Å². The molecule has 2 aromatic heterocycles. The van der Waals surface area contributed by atoms with Crippen molar-refractivity contribution in [3.63, 3.8) is 0 Å². The Morgan fingerprint density at radius 3 is 0.798 bits per heavy atom. The van der Waals surface area contributed by atoms with Crippen molar-refractivity contribution in [2.45, 2.75) is 131 Å². The summed E-state index contributed by atoms with van der Waals surface area (Å²) in [6.45, 7) is 35.5. The molecule has 5 heterocycles. The molecule has 9 rings (SSSR count). The molecule has 552 valence electrons. The number of hydrogen-bond acceptors (Lipinski definition) is 10. The van der Waals surface area contributed by atoms with Crippen molar-refractivity contribution in [3.8, 4) is 57.8 Å². The van der Waals surface area contributed by atoms with Crippen LogP contribution in [0.5, 0.6) is 23.0 Å². The number of aromatic nitrogens is 2. The minimum absolute atomic E-state index is 0. The molecule has 0 atom stereocenters. The Morgan fingerprint density at radius 2 is 0.566 bits per heavy atom. The van der Waals surface area contributed by atoms with E-state index in [1.165, 1.54) is 44.5 Å². The number of hydrogen-bond donors (Lipinski definition) is 0. The maximum atomic E-state index is 9.87. The first-order valence-corrected chi connectivity index (χ1v) is 35.7. The topological polar surface area (TPSA) is 132 Å². The first kappa shape index (κ1) is 84.7. The summed E-state index contributed by atoms with van der Waals surface area (Å²) < 4.78 is 181. The largest absolute Gasteiger partial charge is 0.412 e. The molecule has 0 unspecified atom stereocenters. The smallest absolute Gasteiger partial charge is 0.412 e. The van der Waals surface area contributed by atoms with E-state index in [9.17, 15) is 50.4 Å². The van der Waals surface area contributed by atoms with Crippen molar-refractivity contribution in [2.75, 3.05) is 92.5 Å². The van der Waals surface area contributed by atoms with Crippen LogP contribution in [0.25, 0.3) is 11.1 Å². The summed E-state index contributed by atoms with van der Waals surface area (Å²) in [7, 11) is -21.3. The molecule has 0 saturated carbocycles. The molecule has 0 fully saturated rings. The van der Waals surface area contributed by atoms with Crippen molar-refractivity contribution in [1.29, 1.82) is 0 Å². The van der Waals surface area contributed by atoms with E-state index >= 15 is 0 Å². The first-order valence-electron chi connectivity index (χ1n) is 31.7. The third-order valence-electron chi connectivity index (χ3n) is 14.0. The number of nitrogens with zero attached hydrogens (tertiary/aromatic N) is 2. The molecule has 4 aromatic carbocycles. The molecular formula is C72H94F12N2O11P2. The van der Waals surface area contributed by atoms with Crippen LogP contribution in [0.3, 0.4) is 0 Å². The summed E-state index contributed by atoms with van der Waals surface area (Å²) >= 11 is 0. The Bertz CT molecular complexity index is 3280. The third kappa shape index (κ3) is 39.1. The van der Waals surface area contributed by atoms with Crippen LogP contribution in [0.4, 0.5) is 50.4 Å². The van der Waals surface area contributed by atoms with Crippen molar-refractivity contribution in [1.82, 2.24) is 0 Å². The van der Waals surface area contributed by atoms with Crippen LogP contribution in [0, 0.1) is 23.7 Å². The maximum absolute atomic E-state index is 10.7. The number of halogens is 12. The zero-order valence-electron chi connectivity index (χ0n) is 58.2. The zero-order valence-corrected chi connectivity index (χ0v) is 60.0. The maximum Gasteiger partial charge on any atom is -0.412 e. The summed E-state index contributed by atoms with van der Waals surface area (Å²) in [4.78, 5) is 0. The second-order valence-electron chi connectivity index (χ2n) is 27.3. The molecule has 0 amide bonds. The van der Waals surface area contributed by atoms with Crippen molar-refractivity contribution in [2.24, 2.45) is 0 Å². The Hall–Kier alpha value is -6.76. The number of benzene rings is 4. The number of pyridine rings is 2. The van der Waals surface area contributed by atoms with Crippen molar-refractivity contribution in [3.05, 3.63) is 166 Å². The van der Waals surface area contributed by atoms with E-state index in [0.29, 0.717) is 115 Å². The van der Waals surface area contributed by atoms with Gasteiger partial charge in [0.25, 0.3) is 0 Å². The van der Waals surface area contributed by atoms with E-state index in [-0.39, 0.29) is 40.3 Å². The minimum atomic E-state index is -10.7. The Balaban J connectivity index is 0.000000349. The van der Waals surface area contributed by atoms with E-state index in [1.807, 2.05) is 36.4 Å². The van der Waals surface area contributed by atoms with Gasteiger partial charge in [-0.05, 0) is 127 Å². The van der Waals surface area contributed by atoms with E-state index in [0.717, 1.165) is 24.2 Å². The molecule has 0 aliphatic carbocycles. The summed E-state index contributed by atoms with van der Waals surface area (Å²) in [5.41, 5.74) is 13.1. The molecule has 3 aliphatic heterocycles. The molecule has 0 radical (unpaired) electrons. The standard InChI is InChI=1S/C40H54N2.C32H38O10.2F6P.H2O/c1-37(2,3)33-21-29(22-34(25-33)38(4,5)6)27-41-17-13-31(14-18-41)32-15-19-42(20-16-32)28-30-23-35(39(7,8)9)26-36(24-30)40(10,11)12;1-2-4-6-38-26-28-21-31-24-32(22-28)42-18-14-36-10-8-34-12-16-40-30-20-27(25-37-5-3-1)19-29(23-30)39-15-11-33-7-9-35-13-17-41-31;2*1-7(2,3,4,5)6;/h13-26H,27-28H2,1-12H3;19-24H,5-18,25-26H2;;;1H2/q+2;;2*-1;. The van der Waals surface area contributed by atoms with Crippen LogP contribution < -0.4 is 28.1 Å². The molecule has 27 heteroatoms. The Labute approximate surface area is 573 Å². The average molecular weight is 1450 g/mol. The SMILES string of the molecule is C1#CCOCc2cc3cc(c2)OCCOCCOCCOc2cc(cc(c2)OCCOCCOCCO3)COCC#C1.CC(C)(C)c1cc(C[n+]2ccc(-c3cc[n+](Cc4cc(C(C)(C)C)cc(C(C)(C)C)c4)cc3)cc2)cc(C(C)(C)C)c1.F[P-](F)(F)(F)(F)F.F[P-](F)(F)(F)(F)F.O. The fourth-order valence-corrected chi connectivity index (χ4v) is 9.11. The second kappa shape index (κ2) is 34.3. The zero-order chi connectivity index (χ0) is 72.8. The molecule has 6 aromatic rings. The summed E-state index contributed by atoms with van der Waals surface area (Å²) in [6.07, 6.45) is 8.84. The molecule has 13 nitrogen and oxygen atoms in total. The molecular weight excluding hydrogens is 1360 g/mol. The predicted octanol–water partition coefficient (Wildman–Crippen LogP) is 18.2. The van der Waals surface area contributed by atoms with Gasteiger partial charge in [0, 0.05) is 47.5 Å². The average Bonchev–Trinajstić information content (AvgIpc) is 0.802. The Kier molecular flexibility index (Phi) is 29.3. The number of rotatable bonds is 5. The fourth-order valence-electron chi connectivity index (χ4n) is 9.11. The van der Waals surface area contributed by atoms with Gasteiger partial charge in [-0.2, -0.15) is 0 Å². The quantitative estimate of drug-likeness (QED) is 0.0540. The van der Waals surface area contributed by atoms with Gasteiger partial charge in [0.15, 0.2) is 37.9 Å². The van der Waals surface area contributed by atoms with Gasteiger partial charge in [-0.25, -0.2) is 9.13 Å². The minimum Gasteiger partial charge on any atom is -0.412 e. The van der Waals surface area contributed by atoms with Crippen LogP contribution in [-0.4, -0.2) is 98.0 Å². The van der Waals surface area contributed by atoms with Crippen molar-refractivity contribution >= 4 is 15.6 Å². The fraction of sp³-hybridized carbons (Fsp3) is 0.472. The van der Waals surface area contributed by atoms with Crippen molar-refractivity contribution < 1.29 is 112 Å². The number of ether oxygens (including phenoxy) is 10. The Morgan fingerprint density at radius 1 is 0.333 bits per heavy atom. The van der Waals surface area contributed by atoms with E-state index < -0.39 is 15.6 Å². The van der Waals surface area contributed by atoms with Gasteiger partial charge in [0.2, 0.25) is 0 Å². The monoisotopic (exact) mass is 1450 g/mol. The van der Waals surface area contributed by atoms with Crippen LogP contribution in [-0.2, 0) is 76.4 Å². The van der Waals surface area contributed by atoms with Gasteiger partial charge in [-0.3, -0.25) is 0 Å². The summed E-state index contributed by atoms with van der Waals surface area (Å²) in [5.74, 6) is 14.0. The summed E-state index contributed by atoms with van der Waals surface area (Å²) in [6, 6.07) is 34.6. The van der Waals surface area contributed by atoms with Crippen LogP contribution in [0.15, 0.2) is 122 Å². The van der Waals surface area contributed by atoms with Crippen LogP contribution in [0.1, 0.15) is 128 Å². The molecule has 99 heavy (non-hydrogen) atoms. The molecule has 2 N–H and O–H groups in total. The van der Waals surface area contributed by atoms with Crippen LogP contribution in [0.2, 0.25) is 0 Å². The normalized spacial score (nSPS) is 16.6. The van der Waals surface area contributed by atoms with Gasteiger partial charge < -0.3 is 52.8 Å². The molecule has 0 saturated heterocycles. The van der Waals surface area contributed by atoms with Crippen LogP contribution >= 0.6 is 15.6 Å². The van der Waals surface area contributed by atoms with Gasteiger partial charge in [0.05, 0.1) is 66.1 Å². The second-order valence-corrected chi connectivity index (χ2v) is 31.2. The van der Waals surface area contributed by atoms with E-state index in [1.54, 1.807) is 0 Å². The van der Waals surface area contributed by atoms with E-state index in [4.69, 9.17) is 47.4 Å². The van der Waals surface area contributed by atoms with Gasteiger partial charge >= 0.3 is 66.0 Å². The molecule has 6 bridgehead atoms. The predicted molar refractivity (Wildman–Crippen MR) is 362 cm³/mol.